The summed E-state index contributed by atoms with van der Waals surface area (Å²) < 4.78 is 13.3. The summed E-state index contributed by atoms with van der Waals surface area (Å²) in [6, 6.07) is 0. The fraction of sp³-hybridized carbons (Fsp3) is 0.545. The minimum Gasteiger partial charge on any atom is -0.466 e. The van der Waals surface area contributed by atoms with Crippen LogP contribution in [0.15, 0.2) is 0 Å². The van der Waals surface area contributed by atoms with Gasteiger partial charge in [-0.15, -0.1) is 11.3 Å². The SMILES string of the molecule is CCOC(=O)CCCn1c(=S)sc2c(C)snc21. The monoisotopic (exact) mass is 302 g/mol. The molecule has 0 N–H and O–H groups in total. The summed E-state index contributed by atoms with van der Waals surface area (Å²) in [6.07, 6.45) is 1.16. The number of fused-ring (bicyclic) bond motifs is 1. The third kappa shape index (κ3) is 2.78. The molecule has 0 aliphatic carbocycles. The maximum atomic E-state index is 11.3. The second-order valence-corrected chi connectivity index (χ2v) is 6.44. The highest BCUT2D eigenvalue weighted by Gasteiger charge is 2.11. The standard InChI is InChI=1S/C11H14N2O2S3/c1-3-15-8(14)5-4-6-13-10-9(17-11(13)16)7(2)18-12-10/h3-6H2,1-2H3. The van der Waals surface area contributed by atoms with Crippen molar-refractivity contribution in [3.63, 3.8) is 0 Å². The third-order valence-corrected chi connectivity index (χ3v) is 4.95. The summed E-state index contributed by atoms with van der Waals surface area (Å²) in [5.41, 5.74) is 0.955. The largest absolute Gasteiger partial charge is 0.466 e. The normalized spacial score (nSPS) is 11.0. The van der Waals surface area contributed by atoms with Gasteiger partial charge in [0, 0.05) is 17.8 Å². The number of esters is 1. The van der Waals surface area contributed by atoms with Crippen molar-refractivity contribution in [1.29, 1.82) is 0 Å². The molecule has 0 aromatic carbocycles. The van der Waals surface area contributed by atoms with Crippen LogP contribution in [0, 0.1) is 10.9 Å². The number of ether oxygens (including phenoxy) is 1. The van der Waals surface area contributed by atoms with Crippen LogP contribution in [-0.4, -0.2) is 21.5 Å². The van der Waals surface area contributed by atoms with Gasteiger partial charge >= 0.3 is 5.97 Å². The Kier molecular flexibility index (Phi) is 4.47. The molecule has 7 heteroatoms. The third-order valence-electron chi connectivity index (χ3n) is 2.53. The molecule has 0 atom stereocenters. The van der Waals surface area contributed by atoms with Gasteiger partial charge in [-0.3, -0.25) is 4.79 Å². The van der Waals surface area contributed by atoms with Crippen LogP contribution in [0.25, 0.3) is 10.3 Å². The van der Waals surface area contributed by atoms with Gasteiger partial charge in [-0.05, 0) is 44.0 Å². The minimum atomic E-state index is -0.148. The van der Waals surface area contributed by atoms with Crippen LogP contribution in [0.4, 0.5) is 0 Å². The van der Waals surface area contributed by atoms with Crippen LogP contribution in [0.3, 0.4) is 0 Å². The van der Waals surface area contributed by atoms with Crippen molar-refractivity contribution in [3.05, 3.63) is 8.83 Å². The second kappa shape index (κ2) is 5.90. The Labute approximate surface area is 118 Å². The predicted octanol–water partition coefficient (Wildman–Crippen LogP) is 3.54. The van der Waals surface area contributed by atoms with Crippen molar-refractivity contribution >= 4 is 51.4 Å². The second-order valence-electron chi connectivity index (χ2n) is 3.82. The number of aromatic nitrogens is 2. The van der Waals surface area contributed by atoms with Crippen molar-refractivity contribution < 1.29 is 9.53 Å². The predicted molar refractivity (Wildman–Crippen MR) is 76.9 cm³/mol. The highest BCUT2D eigenvalue weighted by atomic mass is 32.1. The fourth-order valence-electron chi connectivity index (χ4n) is 1.68. The van der Waals surface area contributed by atoms with Gasteiger partial charge < -0.3 is 9.30 Å². The Morgan fingerprint density at radius 3 is 3.06 bits per heavy atom. The van der Waals surface area contributed by atoms with E-state index in [1.807, 2.05) is 18.4 Å². The first-order valence-corrected chi connectivity index (χ1v) is 7.74. The molecule has 0 unspecified atom stereocenters. The molecule has 0 spiro atoms. The molecule has 0 bridgehead atoms. The molecule has 2 aromatic heterocycles. The molecule has 0 aliphatic rings. The van der Waals surface area contributed by atoms with Crippen molar-refractivity contribution in [1.82, 2.24) is 8.94 Å². The summed E-state index contributed by atoms with van der Waals surface area (Å²) in [6.45, 7) is 5.02. The molecule has 2 rings (SSSR count). The van der Waals surface area contributed by atoms with E-state index in [2.05, 4.69) is 4.37 Å². The van der Waals surface area contributed by atoms with Gasteiger partial charge in [-0.2, -0.15) is 4.37 Å². The topological polar surface area (TPSA) is 44.1 Å². The van der Waals surface area contributed by atoms with E-state index in [-0.39, 0.29) is 5.97 Å². The van der Waals surface area contributed by atoms with Gasteiger partial charge in [-0.1, -0.05) is 0 Å². The van der Waals surface area contributed by atoms with Crippen molar-refractivity contribution in [2.45, 2.75) is 33.2 Å². The molecular formula is C11H14N2O2S3. The van der Waals surface area contributed by atoms with E-state index in [0.717, 1.165) is 22.6 Å². The lowest BCUT2D eigenvalue weighted by Crippen LogP contribution is -2.06. The zero-order valence-corrected chi connectivity index (χ0v) is 12.7. The van der Waals surface area contributed by atoms with Crippen LogP contribution in [-0.2, 0) is 16.1 Å². The number of aryl methyl sites for hydroxylation is 2. The number of hydrogen-bond acceptors (Lipinski definition) is 6. The molecule has 0 fully saturated rings. The fourth-order valence-corrected chi connectivity index (χ4v) is 3.85. The molecule has 2 aromatic rings. The molecule has 0 amide bonds. The van der Waals surface area contributed by atoms with E-state index in [9.17, 15) is 4.79 Å². The van der Waals surface area contributed by atoms with E-state index in [1.54, 1.807) is 11.3 Å². The van der Waals surface area contributed by atoms with Gasteiger partial charge in [0.1, 0.15) is 0 Å². The maximum absolute atomic E-state index is 11.3. The van der Waals surface area contributed by atoms with Gasteiger partial charge in [0.2, 0.25) is 0 Å². The zero-order valence-electron chi connectivity index (χ0n) is 10.3. The number of carbonyl (C=O) groups is 1. The zero-order chi connectivity index (χ0) is 13.1. The van der Waals surface area contributed by atoms with Crippen LogP contribution in [0.2, 0.25) is 0 Å². The maximum Gasteiger partial charge on any atom is 0.305 e. The number of rotatable bonds is 5. The van der Waals surface area contributed by atoms with Gasteiger partial charge in [0.15, 0.2) is 9.60 Å². The van der Waals surface area contributed by atoms with Crippen molar-refractivity contribution in [2.75, 3.05) is 6.61 Å². The van der Waals surface area contributed by atoms with Crippen molar-refractivity contribution in [3.8, 4) is 0 Å². The lowest BCUT2D eigenvalue weighted by Gasteiger charge is -2.03. The van der Waals surface area contributed by atoms with Crippen LogP contribution in [0.1, 0.15) is 24.6 Å². The summed E-state index contributed by atoms with van der Waals surface area (Å²) in [5.74, 6) is -0.148. The molecule has 0 saturated heterocycles. The Morgan fingerprint density at radius 1 is 1.56 bits per heavy atom. The Balaban J connectivity index is 2.05. The van der Waals surface area contributed by atoms with Gasteiger partial charge in [0.05, 0.1) is 11.3 Å². The number of hydrogen-bond donors (Lipinski definition) is 0. The lowest BCUT2D eigenvalue weighted by atomic mass is 10.3. The first kappa shape index (κ1) is 13.6. The molecular weight excluding hydrogens is 288 g/mol. The van der Waals surface area contributed by atoms with Crippen LogP contribution in [0.5, 0.6) is 0 Å². The first-order valence-electron chi connectivity index (χ1n) is 5.74. The Bertz CT molecular complexity index is 611. The average Bonchev–Trinajstić information content (AvgIpc) is 2.82. The molecule has 2 heterocycles. The average molecular weight is 302 g/mol. The smallest absolute Gasteiger partial charge is 0.305 e. The van der Waals surface area contributed by atoms with Crippen molar-refractivity contribution in [2.24, 2.45) is 0 Å². The molecule has 0 aliphatic heterocycles. The quantitative estimate of drug-likeness (QED) is 0.626. The summed E-state index contributed by atoms with van der Waals surface area (Å²) in [4.78, 5) is 12.5. The van der Waals surface area contributed by atoms with E-state index in [1.165, 1.54) is 21.1 Å². The first-order chi connectivity index (χ1) is 8.63. The number of carbonyl (C=O) groups excluding carboxylic acids is 1. The van der Waals surface area contributed by atoms with E-state index >= 15 is 0 Å². The minimum absolute atomic E-state index is 0.148. The summed E-state index contributed by atoms with van der Waals surface area (Å²) in [5, 5.41) is 0. The van der Waals surface area contributed by atoms with Gasteiger partial charge in [-0.25, -0.2) is 0 Å². The molecule has 18 heavy (non-hydrogen) atoms. The highest BCUT2D eigenvalue weighted by Crippen LogP contribution is 2.28. The van der Waals surface area contributed by atoms with Crippen LogP contribution >= 0.6 is 35.1 Å². The lowest BCUT2D eigenvalue weighted by molar-refractivity contribution is -0.143. The summed E-state index contributed by atoms with van der Waals surface area (Å²) >= 11 is 8.41. The number of nitrogens with zero attached hydrogens (tertiary/aromatic N) is 2. The molecule has 4 nitrogen and oxygen atoms in total. The summed E-state index contributed by atoms with van der Waals surface area (Å²) in [7, 11) is 0. The molecule has 98 valence electrons. The Hall–Kier alpha value is -0.790. The molecule has 0 radical (unpaired) electrons. The highest BCUT2D eigenvalue weighted by molar-refractivity contribution is 7.73. The number of thiazole rings is 1. The van der Waals surface area contributed by atoms with E-state index < -0.39 is 0 Å². The Morgan fingerprint density at radius 2 is 2.33 bits per heavy atom. The van der Waals surface area contributed by atoms with E-state index in [4.69, 9.17) is 17.0 Å². The molecule has 0 saturated carbocycles. The van der Waals surface area contributed by atoms with Crippen LogP contribution < -0.4 is 0 Å². The van der Waals surface area contributed by atoms with E-state index in [0.29, 0.717) is 13.0 Å². The van der Waals surface area contributed by atoms with Gasteiger partial charge in [0.25, 0.3) is 0 Å².